The van der Waals surface area contributed by atoms with Crippen molar-refractivity contribution in [2.45, 2.75) is 32.1 Å². The van der Waals surface area contributed by atoms with E-state index in [-0.39, 0.29) is 37.2 Å². The maximum atomic E-state index is 12.3. The number of rotatable bonds is 5. The molecule has 1 fully saturated rings. The molecule has 0 saturated heterocycles. The quantitative estimate of drug-likeness (QED) is 0.615. The third-order valence-corrected chi connectivity index (χ3v) is 4.21. The Morgan fingerprint density at radius 2 is 2.00 bits per heavy atom. The molecule has 1 aromatic rings. The maximum Gasteiger partial charge on any atom is 0.319 e. The van der Waals surface area contributed by atoms with Crippen LogP contribution in [0.3, 0.4) is 0 Å². The zero-order valence-electron chi connectivity index (χ0n) is 12.9. The first kappa shape index (κ1) is 16.2. The van der Waals surface area contributed by atoms with Crippen molar-refractivity contribution in [2.24, 2.45) is 5.41 Å². The van der Waals surface area contributed by atoms with Crippen LogP contribution in [0.4, 0.5) is 0 Å². The molecular weight excluding hydrogens is 284 g/mol. The lowest BCUT2D eigenvalue weighted by molar-refractivity contribution is -0.163. The first-order chi connectivity index (χ1) is 10.5. The molecule has 1 atom stereocenters. The molecule has 118 valence electrons. The van der Waals surface area contributed by atoms with Crippen molar-refractivity contribution >= 4 is 17.5 Å². The Labute approximate surface area is 129 Å². The minimum Gasteiger partial charge on any atom is -0.497 e. The van der Waals surface area contributed by atoms with Crippen molar-refractivity contribution in [1.29, 1.82) is 0 Å². The maximum absolute atomic E-state index is 12.3. The van der Waals surface area contributed by atoms with Crippen LogP contribution in [0.25, 0.3) is 0 Å². The van der Waals surface area contributed by atoms with Crippen molar-refractivity contribution in [2.75, 3.05) is 14.2 Å². The number of carbonyl (C=O) groups is 3. The van der Waals surface area contributed by atoms with Gasteiger partial charge < -0.3 is 9.47 Å². The molecular formula is C17H20O5. The van der Waals surface area contributed by atoms with Gasteiger partial charge in [-0.25, -0.2) is 0 Å². The van der Waals surface area contributed by atoms with Crippen LogP contribution in [0.1, 0.15) is 31.2 Å². The average Bonchev–Trinajstić information content (AvgIpc) is 2.55. The van der Waals surface area contributed by atoms with Crippen LogP contribution in [-0.2, 0) is 25.5 Å². The zero-order valence-corrected chi connectivity index (χ0v) is 12.9. The standard InChI is InChI=1S/C17H20O5/c1-21-14-5-3-4-12(10-14)8-9-17(16(20)22-2)11-13(18)6-7-15(17)19/h3-5,10H,6-9,11H2,1-2H3. The van der Waals surface area contributed by atoms with E-state index in [0.717, 1.165) is 11.3 Å². The van der Waals surface area contributed by atoms with Crippen molar-refractivity contribution in [1.82, 2.24) is 0 Å². The number of benzene rings is 1. The number of carbonyl (C=O) groups excluding carboxylic acids is 3. The predicted octanol–water partition coefficient (Wildman–Crippen LogP) is 2.11. The summed E-state index contributed by atoms with van der Waals surface area (Å²) in [6.07, 6.45) is 1.06. The van der Waals surface area contributed by atoms with Crippen LogP contribution in [0, 0.1) is 5.41 Å². The Kier molecular flexibility index (Phi) is 4.96. The van der Waals surface area contributed by atoms with Gasteiger partial charge in [-0.1, -0.05) is 12.1 Å². The summed E-state index contributed by atoms with van der Waals surface area (Å²) < 4.78 is 9.97. The van der Waals surface area contributed by atoms with E-state index in [1.54, 1.807) is 7.11 Å². The Hall–Kier alpha value is -2.17. The zero-order chi connectivity index (χ0) is 16.2. The second kappa shape index (κ2) is 6.73. The first-order valence-electron chi connectivity index (χ1n) is 7.28. The molecule has 1 unspecified atom stereocenters. The fourth-order valence-corrected chi connectivity index (χ4v) is 2.91. The molecule has 22 heavy (non-hydrogen) atoms. The van der Waals surface area contributed by atoms with Gasteiger partial charge in [0.1, 0.15) is 16.9 Å². The minimum absolute atomic E-state index is 0.0531. The molecule has 0 aromatic heterocycles. The van der Waals surface area contributed by atoms with E-state index in [0.29, 0.717) is 6.42 Å². The van der Waals surface area contributed by atoms with Crippen molar-refractivity contribution in [3.05, 3.63) is 29.8 Å². The minimum atomic E-state index is -1.33. The molecule has 1 saturated carbocycles. The number of ether oxygens (including phenoxy) is 2. The van der Waals surface area contributed by atoms with Crippen LogP contribution < -0.4 is 4.74 Å². The van der Waals surface area contributed by atoms with E-state index in [4.69, 9.17) is 9.47 Å². The highest BCUT2D eigenvalue weighted by Gasteiger charge is 2.49. The molecule has 0 heterocycles. The fraction of sp³-hybridized carbons (Fsp3) is 0.471. The molecule has 0 aliphatic heterocycles. The molecule has 0 N–H and O–H groups in total. The largest absolute Gasteiger partial charge is 0.497 e. The van der Waals surface area contributed by atoms with E-state index in [9.17, 15) is 14.4 Å². The van der Waals surface area contributed by atoms with E-state index < -0.39 is 11.4 Å². The highest BCUT2D eigenvalue weighted by molar-refractivity contribution is 6.10. The van der Waals surface area contributed by atoms with Crippen molar-refractivity contribution in [3.8, 4) is 5.75 Å². The highest BCUT2D eigenvalue weighted by Crippen LogP contribution is 2.37. The fourth-order valence-electron chi connectivity index (χ4n) is 2.91. The number of aryl methyl sites for hydroxylation is 1. The third kappa shape index (κ3) is 3.18. The second-order valence-corrected chi connectivity index (χ2v) is 5.56. The van der Waals surface area contributed by atoms with Gasteiger partial charge in [0, 0.05) is 19.3 Å². The summed E-state index contributed by atoms with van der Waals surface area (Å²) in [4.78, 5) is 36.3. The van der Waals surface area contributed by atoms with E-state index >= 15 is 0 Å². The molecule has 0 amide bonds. The van der Waals surface area contributed by atoms with Gasteiger partial charge in [0.2, 0.25) is 0 Å². The van der Waals surface area contributed by atoms with Gasteiger partial charge in [-0.2, -0.15) is 0 Å². The van der Waals surface area contributed by atoms with Crippen LogP contribution in [0.15, 0.2) is 24.3 Å². The Morgan fingerprint density at radius 3 is 2.68 bits per heavy atom. The number of Topliss-reactive ketones (excluding diaryl/α,β-unsaturated/α-hetero) is 2. The number of esters is 1. The van der Waals surface area contributed by atoms with Gasteiger partial charge in [-0.15, -0.1) is 0 Å². The van der Waals surface area contributed by atoms with Crippen molar-refractivity contribution < 1.29 is 23.9 Å². The lowest BCUT2D eigenvalue weighted by atomic mass is 9.69. The van der Waals surface area contributed by atoms with E-state index in [1.165, 1.54) is 7.11 Å². The Bertz CT molecular complexity index is 582. The van der Waals surface area contributed by atoms with Crippen LogP contribution in [0.5, 0.6) is 5.75 Å². The Morgan fingerprint density at radius 1 is 1.23 bits per heavy atom. The summed E-state index contributed by atoms with van der Waals surface area (Å²) in [5.41, 5.74) is -0.374. The third-order valence-electron chi connectivity index (χ3n) is 4.21. The Balaban J connectivity index is 2.21. The summed E-state index contributed by atoms with van der Waals surface area (Å²) in [7, 11) is 2.83. The molecule has 0 spiro atoms. The van der Waals surface area contributed by atoms with Crippen LogP contribution in [0.2, 0.25) is 0 Å². The summed E-state index contributed by atoms with van der Waals surface area (Å²) in [6.45, 7) is 0. The monoisotopic (exact) mass is 304 g/mol. The topological polar surface area (TPSA) is 69.7 Å². The average molecular weight is 304 g/mol. The normalized spacial score (nSPS) is 21.5. The van der Waals surface area contributed by atoms with Crippen LogP contribution in [-0.4, -0.2) is 31.8 Å². The molecule has 5 nitrogen and oxygen atoms in total. The smallest absolute Gasteiger partial charge is 0.319 e. The molecule has 1 aromatic carbocycles. The summed E-state index contributed by atoms with van der Waals surface area (Å²) in [5, 5.41) is 0. The molecule has 1 aliphatic carbocycles. The highest BCUT2D eigenvalue weighted by atomic mass is 16.5. The molecule has 5 heteroatoms. The van der Waals surface area contributed by atoms with Gasteiger partial charge >= 0.3 is 5.97 Å². The number of methoxy groups -OCH3 is 2. The number of hydrogen-bond donors (Lipinski definition) is 0. The van der Waals surface area contributed by atoms with E-state index in [1.807, 2.05) is 24.3 Å². The second-order valence-electron chi connectivity index (χ2n) is 5.56. The lowest BCUT2D eigenvalue weighted by Gasteiger charge is -2.32. The van der Waals surface area contributed by atoms with Gasteiger partial charge in [0.25, 0.3) is 0 Å². The lowest BCUT2D eigenvalue weighted by Crippen LogP contribution is -2.45. The van der Waals surface area contributed by atoms with Gasteiger partial charge in [0.05, 0.1) is 14.2 Å². The van der Waals surface area contributed by atoms with Crippen LogP contribution >= 0.6 is 0 Å². The molecule has 1 aliphatic rings. The molecule has 0 bridgehead atoms. The summed E-state index contributed by atoms with van der Waals surface area (Å²) >= 11 is 0. The summed E-state index contributed by atoms with van der Waals surface area (Å²) in [5.74, 6) is -0.137. The van der Waals surface area contributed by atoms with Gasteiger partial charge in [0.15, 0.2) is 5.78 Å². The summed E-state index contributed by atoms with van der Waals surface area (Å²) in [6, 6.07) is 7.45. The van der Waals surface area contributed by atoms with Crippen molar-refractivity contribution in [3.63, 3.8) is 0 Å². The van der Waals surface area contributed by atoms with Gasteiger partial charge in [-0.05, 0) is 30.5 Å². The molecule has 0 radical (unpaired) electrons. The number of ketones is 2. The van der Waals surface area contributed by atoms with E-state index in [2.05, 4.69) is 0 Å². The predicted molar refractivity (Wildman–Crippen MR) is 79.6 cm³/mol. The van der Waals surface area contributed by atoms with Gasteiger partial charge in [-0.3, -0.25) is 14.4 Å². The number of hydrogen-bond acceptors (Lipinski definition) is 5. The molecule has 2 rings (SSSR count). The first-order valence-corrected chi connectivity index (χ1v) is 7.28. The SMILES string of the molecule is COC(=O)C1(CCc2cccc(OC)c2)CC(=O)CCC1=O.